The first kappa shape index (κ1) is 14.8. The fraction of sp³-hybridized carbons (Fsp3) is 0.846. The first-order valence-electron chi connectivity index (χ1n) is 6.83. The summed E-state index contributed by atoms with van der Waals surface area (Å²) in [6.45, 7) is 2.37. The average molecular weight is 256 g/mol. The number of nitrogens with one attached hydrogen (secondary N) is 1. The van der Waals surface area contributed by atoms with Crippen LogP contribution in [-0.2, 0) is 9.53 Å². The highest BCUT2D eigenvalue weighted by Gasteiger charge is 2.14. The van der Waals surface area contributed by atoms with Crippen LogP contribution in [0.2, 0.25) is 0 Å². The summed E-state index contributed by atoms with van der Waals surface area (Å²) in [5.41, 5.74) is 0. The Kier molecular flexibility index (Phi) is 7.22. The molecule has 0 unspecified atom stereocenters. The number of amides is 2. The lowest BCUT2D eigenvalue weighted by molar-refractivity contribution is -0.140. The van der Waals surface area contributed by atoms with Gasteiger partial charge < -0.3 is 15.0 Å². The fourth-order valence-electron chi connectivity index (χ4n) is 2.08. The van der Waals surface area contributed by atoms with E-state index < -0.39 is 0 Å². The van der Waals surface area contributed by atoms with Crippen molar-refractivity contribution in [1.29, 1.82) is 0 Å². The number of nitrogens with zero attached hydrogens (tertiary/aromatic N) is 1. The number of unbranched alkanes of at least 4 members (excludes halogenated alkanes) is 1. The van der Waals surface area contributed by atoms with Crippen LogP contribution >= 0.6 is 0 Å². The Labute approximate surface area is 109 Å². The molecule has 0 aromatic rings. The molecule has 0 saturated carbocycles. The van der Waals surface area contributed by atoms with E-state index in [9.17, 15) is 9.59 Å². The van der Waals surface area contributed by atoms with Crippen molar-refractivity contribution < 1.29 is 14.3 Å². The van der Waals surface area contributed by atoms with Gasteiger partial charge in [0.25, 0.3) is 0 Å². The van der Waals surface area contributed by atoms with Crippen molar-refractivity contribution in [2.45, 2.75) is 44.9 Å². The number of rotatable bonds is 5. The normalized spacial score (nSPS) is 15.9. The van der Waals surface area contributed by atoms with E-state index in [1.54, 1.807) is 0 Å². The molecule has 1 N–H and O–H groups in total. The minimum Gasteiger partial charge on any atom is -0.469 e. The lowest BCUT2D eigenvalue weighted by atomic mass is 10.2. The number of esters is 1. The summed E-state index contributed by atoms with van der Waals surface area (Å²) in [6, 6.07) is 0.0370. The third kappa shape index (κ3) is 5.89. The minimum atomic E-state index is -0.186. The molecule has 18 heavy (non-hydrogen) atoms. The predicted molar refractivity (Wildman–Crippen MR) is 69.3 cm³/mol. The van der Waals surface area contributed by atoms with Crippen molar-refractivity contribution in [1.82, 2.24) is 10.2 Å². The summed E-state index contributed by atoms with van der Waals surface area (Å²) in [4.78, 5) is 24.6. The van der Waals surface area contributed by atoms with Crippen LogP contribution in [0.5, 0.6) is 0 Å². The largest absolute Gasteiger partial charge is 0.469 e. The van der Waals surface area contributed by atoms with E-state index in [4.69, 9.17) is 0 Å². The molecule has 0 atom stereocenters. The van der Waals surface area contributed by atoms with Crippen molar-refractivity contribution in [2.75, 3.05) is 26.7 Å². The highest BCUT2D eigenvalue weighted by molar-refractivity contribution is 5.74. The van der Waals surface area contributed by atoms with E-state index in [0.29, 0.717) is 13.0 Å². The molecule has 104 valence electrons. The molecule has 1 rings (SSSR count). The van der Waals surface area contributed by atoms with E-state index in [-0.39, 0.29) is 12.0 Å². The molecule has 0 aromatic heterocycles. The molecule has 1 saturated heterocycles. The van der Waals surface area contributed by atoms with Crippen LogP contribution in [0, 0.1) is 0 Å². The molecule has 0 spiro atoms. The Balaban J connectivity index is 2.07. The van der Waals surface area contributed by atoms with Crippen molar-refractivity contribution in [3.8, 4) is 0 Å². The Morgan fingerprint density at radius 3 is 2.39 bits per heavy atom. The Bertz CT molecular complexity index is 261. The van der Waals surface area contributed by atoms with E-state index in [2.05, 4.69) is 10.1 Å². The number of ether oxygens (including phenoxy) is 1. The van der Waals surface area contributed by atoms with Crippen molar-refractivity contribution in [3.05, 3.63) is 0 Å². The number of carbonyl (C=O) groups excluding carboxylic acids is 2. The van der Waals surface area contributed by atoms with E-state index in [0.717, 1.165) is 38.8 Å². The summed E-state index contributed by atoms with van der Waals surface area (Å²) >= 11 is 0. The summed E-state index contributed by atoms with van der Waals surface area (Å²) in [7, 11) is 1.39. The molecule has 1 aliphatic rings. The number of hydrogen-bond acceptors (Lipinski definition) is 3. The van der Waals surface area contributed by atoms with E-state index in [1.165, 1.54) is 20.0 Å². The standard InChI is InChI=1S/C13H24N2O3/c1-18-12(16)8-4-5-9-14-13(17)15-10-6-2-3-7-11-15/h2-11H2,1H3,(H,14,17). The van der Waals surface area contributed by atoms with Gasteiger partial charge in [-0.15, -0.1) is 0 Å². The molecule has 5 nitrogen and oxygen atoms in total. The second-order valence-corrected chi connectivity index (χ2v) is 4.67. The van der Waals surface area contributed by atoms with Crippen molar-refractivity contribution in [2.24, 2.45) is 0 Å². The molecule has 1 fully saturated rings. The van der Waals surface area contributed by atoms with Crippen LogP contribution < -0.4 is 5.32 Å². The molecular weight excluding hydrogens is 232 g/mol. The zero-order chi connectivity index (χ0) is 13.2. The second-order valence-electron chi connectivity index (χ2n) is 4.67. The molecule has 0 bridgehead atoms. The summed E-state index contributed by atoms with van der Waals surface area (Å²) in [6.07, 6.45) is 6.66. The lowest BCUT2D eigenvalue weighted by Crippen LogP contribution is -2.40. The first-order valence-corrected chi connectivity index (χ1v) is 6.83. The van der Waals surface area contributed by atoms with Crippen molar-refractivity contribution >= 4 is 12.0 Å². The van der Waals surface area contributed by atoms with E-state index >= 15 is 0 Å². The average Bonchev–Trinajstić information content (AvgIpc) is 2.66. The number of urea groups is 1. The van der Waals surface area contributed by atoms with Gasteiger partial charge in [-0.25, -0.2) is 4.79 Å². The van der Waals surface area contributed by atoms with Gasteiger partial charge in [0.1, 0.15) is 0 Å². The van der Waals surface area contributed by atoms with Crippen molar-refractivity contribution in [3.63, 3.8) is 0 Å². The molecule has 0 aromatic carbocycles. The zero-order valence-electron chi connectivity index (χ0n) is 11.2. The molecule has 0 aliphatic carbocycles. The van der Waals surface area contributed by atoms with Gasteiger partial charge >= 0.3 is 12.0 Å². The zero-order valence-corrected chi connectivity index (χ0v) is 11.2. The highest BCUT2D eigenvalue weighted by Crippen LogP contribution is 2.09. The molecule has 5 heteroatoms. The van der Waals surface area contributed by atoms with Gasteiger partial charge in [-0.3, -0.25) is 4.79 Å². The fourth-order valence-corrected chi connectivity index (χ4v) is 2.08. The minimum absolute atomic E-state index is 0.0370. The Morgan fingerprint density at radius 2 is 1.78 bits per heavy atom. The van der Waals surface area contributed by atoms with Crippen LogP contribution in [0.4, 0.5) is 4.79 Å². The summed E-state index contributed by atoms with van der Waals surface area (Å²) < 4.78 is 4.55. The lowest BCUT2D eigenvalue weighted by Gasteiger charge is -2.20. The maximum atomic E-state index is 11.8. The van der Waals surface area contributed by atoms with Gasteiger partial charge in [0.2, 0.25) is 0 Å². The maximum absolute atomic E-state index is 11.8. The molecule has 2 amide bonds. The third-order valence-electron chi connectivity index (χ3n) is 3.20. The van der Waals surface area contributed by atoms with Crippen LogP contribution in [-0.4, -0.2) is 43.6 Å². The first-order chi connectivity index (χ1) is 8.74. The van der Waals surface area contributed by atoms with Gasteiger partial charge in [-0.05, 0) is 25.7 Å². The van der Waals surface area contributed by atoms with E-state index in [1.807, 2.05) is 4.90 Å². The van der Waals surface area contributed by atoms with Gasteiger partial charge in [0.05, 0.1) is 7.11 Å². The van der Waals surface area contributed by atoms with Crippen LogP contribution in [0.1, 0.15) is 44.9 Å². The van der Waals surface area contributed by atoms with Gasteiger partial charge in [0.15, 0.2) is 0 Å². The van der Waals surface area contributed by atoms with Gasteiger partial charge in [-0.1, -0.05) is 12.8 Å². The Hall–Kier alpha value is -1.26. The number of hydrogen-bond donors (Lipinski definition) is 1. The van der Waals surface area contributed by atoms with Crippen LogP contribution in [0.25, 0.3) is 0 Å². The van der Waals surface area contributed by atoms with Crippen LogP contribution in [0.3, 0.4) is 0 Å². The van der Waals surface area contributed by atoms with Gasteiger partial charge in [0, 0.05) is 26.1 Å². The van der Waals surface area contributed by atoms with Crippen LogP contribution in [0.15, 0.2) is 0 Å². The smallest absolute Gasteiger partial charge is 0.317 e. The third-order valence-corrected chi connectivity index (χ3v) is 3.20. The second kappa shape index (κ2) is 8.78. The number of methoxy groups -OCH3 is 1. The summed E-state index contributed by atoms with van der Waals surface area (Å²) in [5, 5.41) is 2.91. The molecule has 1 aliphatic heterocycles. The predicted octanol–water partition coefficient (Wildman–Crippen LogP) is 1.92. The molecule has 0 radical (unpaired) electrons. The maximum Gasteiger partial charge on any atom is 0.317 e. The summed E-state index contributed by atoms with van der Waals surface area (Å²) in [5.74, 6) is -0.186. The number of likely N-dealkylation sites (tertiary alicyclic amines) is 1. The number of carbonyl (C=O) groups is 2. The monoisotopic (exact) mass is 256 g/mol. The highest BCUT2D eigenvalue weighted by atomic mass is 16.5. The topological polar surface area (TPSA) is 58.6 Å². The molecule has 1 heterocycles. The Morgan fingerprint density at radius 1 is 1.11 bits per heavy atom. The SMILES string of the molecule is COC(=O)CCCCNC(=O)N1CCCCCC1. The quantitative estimate of drug-likeness (QED) is 0.604. The molecular formula is C13H24N2O3. The van der Waals surface area contributed by atoms with Gasteiger partial charge in [-0.2, -0.15) is 0 Å².